The number of piperazine rings is 1. The number of hydrogen-bond acceptors (Lipinski definition) is 5. The van der Waals surface area contributed by atoms with E-state index in [9.17, 15) is 9.90 Å². The summed E-state index contributed by atoms with van der Waals surface area (Å²) in [4.78, 5) is 17.7. The maximum absolute atomic E-state index is 13.4. The van der Waals surface area contributed by atoms with Crippen LogP contribution in [0.3, 0.4) is 0 Å². The zero-order valence-corrected chi connectivity index (χ0v) is 18.6. The maximum atomic E-state index is 13.4. The lowest BCUT2D eigenvalue weighted by molar-refractivity contribution is -0.121. The first kappa shape index (κ1) is 22.0. The fourth-order valence-electron chi connectivity index (χ4n) is 4.07. The molecule has 0 spiro atoms. The van der Waals surface area contributed by atoms with Crippen LogP contribution in [-0.2, 0) is 4.79 Å². The molecule has 0 aromatic heterocycles. The van der Waals surface area contributed by atoms with Crippen LogP contribution in [0.2, 0.25) is 5.02 Å². The number of methoxy groups -OCH3 is 1. The van der Waals surface area contributed by atoms with Crippen molar-refractivity contribution in [3.05, 3.63) is 83.4 Å². The molecular formula is C25H26ClN3O3. The highest BCUT2D eigenvalue weighted by Crippen LogP contribution is 2.31. The van der Waals surface area contributed by atoms with Gasteiger partial charge in [0.15, 0.2) is 0 Å². The molecule has 4 rings (SSSR count). The predicted octanol–water partition coefficient (Wildman–Crippen LogP) is 4.56. The second-order valence-corrected chi connectivity index (χ2v) is 8.07. The molecule has 0 saturated carbocycles. The number of aromatic hydroxyl groups is 1. The number of amides is 1. The van der Waals surface area contributed by atoms with Crippen molar-refractivity contribution in [1.82, 2.24) is 4.90 Å². The lowest BCUT2D eigenvalue weighted by Crippen LogP contribution is -2.50. The van der Waals surface area contributed by atoms with Crippen molar-refractivity contribution >= 4 is 28.9 Å². The average Bonchev–Trinajstić information content (AvgIpc) is 2.81. The summed E-state index contributed by atoms with van der Waals surface area (Å²) in [5.41, 5.74) is 2.37. The number of nitrogens with zero attached hydrogens (tertiary/aromatic N) is 2. The third-order valence-electron chi connectivity index (χ3n) is 5.68. The zero-order chi connectivity index (χ0) is 22.5. The van der Waals surface area contributed by atoms with Gasteiger partial charge in [0.1, 0.15) is 17.5 Å². The van der Waals surface area contributed by atoms with E-state index in [-0.39, 0.29) is 11.7 Å². The molecule has 1 heterocycles. The first-order valence-electron chi connectivity index (χ1n) is 10.5. The Bertz CT molecular complexity index is 1070. The van der Waals surface area contributed by atoms with Crippen molar-refractivity contribution in [3.8, 4) is 11.5 Å². The molecule has 3 aromatic rings. The second kappa shape index (κ2) is 9.94. The number of carbonyl (C=O) groups is 1. The largest absolute Gasteiger partial charge is 0.506 e. The predicted molar refractivity (Wildman–Crippen MR) is 128 cm³/mol. The lowest BCUT2D eigenvalue weighted by atomic mass is 10.0. The average molecular weight is 452 g/mol. The highest BCUT2D eigenvalue weighted by atomic mass is 35.5. The summed E-state index contributed by atoms with van der Waals surface area (Å²) < 4.78 is 5.20. The van der Waals surface area contributed by atoms with Gasteiger partial charge in [0, 0.05) is 31.9 Å². The van der Waals surface area contributed by atoms with Crippen LogP contribution in [0, 0.1) is 0 Å². The van der Waals surface area contributed by atoms with Crippen LogP contribution in [0.25, 0.3) is 0 Å². The number of rotatable bonds is 6. The monoisotopic (exact) mass is 451 g/mol. The second-order valence-electron chi connectivity index (χ2n) is 7.66. The van der Waals surface area contributed by atoms with Crippen LogP contribution < -0.4 is 15.0 Å². The number of carbonyl (C=O) groups excluding carboxylic acids is 1. The fraction of sp³-hybridized carbons (Fsp3) is 0.240. The molecule has 3 aromatic carbocycles. The number of halogens is 1. The number of benzene rings is 3. The Morgan fingerprint density at radius 1 is 1.00 bits per heavy atom. The van der Waals surface area contributed by atoms with Crippen LogP contribution >= 0.6 is 11.6 Å². The molecular weight excluding hydrogens is 426 g/mol. The highest BCUT2D eigenvalue weighted by molar-refractivity contribution is 6.32. The molecule has 1 fully saturated rings. The van der Waals surface area contributed by atoms with Crippen LogP contribution in [0.5, 0.6) is 11.5 Å². The SMILES string of the molecule is COc1ccc(NC(=O)[C@H](c2ccccc2)N2CCN(c3ccccc3O)CC2)cc1Cl. The van der Waals surface area contributed by atoms with Gasteiger partial charge in [0.05, 0.1) is 17.8 Å². The minimum atomic E-state index is -0.441. The summed E-state index contributed by atoms with van der Waals surface area (Å²) in [5.74, 6) is 0.715. The number of hydrogen-bond donors (Lipinski definition) is 2. The summed E-state index contributed by atoms with van der Waals surface area (Å²) in [6.45, 7) is 2.79. The molecule has 1 aliphatic rings. The van der Waals surface area contributed by atoms with Gasteiger partial charge in [0.2, 0.25) is 5.91 Å². The van der Waals surface area contributed by atoms with E-state index < -0.39 is 6.04 Å². The summed E-state index contributed by atoms with van der Waals surface area (Å²) in [6.07, 6.45) is 0. The van der Waals surface area contributed by atoms with Crippen molar-refractivity contribution in [2.45, 2.75) is 6.04 Å². The topological polar surface area (TPSA) is 65.0 Å². The molecule has 1 amide bonds. The minimum absolute atomic E-state index is 0.117. The summed E-state index contributed by atoms with van der Waals surface area (Å²) in [6, 6.07) is 21.9. The quantitative estimate of drug-likeness (QED) is 0.575. The Labute approximate surface area is 193 Å². The summed E-state index contributed by atoms with van der Waals surface area (Å²) >= 11 is 6.23. The number of phenolic OH excluding ortho intramolecular Hbond substituents is 1. The van der Waals surface area contributed by atoms with Crippen LogP contribution in [0.15, 0.2) is 72.8 Å². The molecule has 32 heavy (non-hydrogen) atoms. The molecule has 0 radical (unpaired) electrons. The first-order valence-corrected chi connectivity index (χ1v) is 10.9. The third-order valence-corrected chi connectivity index (χ3v) is 5.98. The zero-order valence-electron chi connectivity index (χ0n) is 17.9. The van der Waals surface area contributed by atoms with E-state index in [1.807, 2.05) is 48.5 Å². The minimum Gasteiger partial charge on any atom is -0.506 e. The molecule has 0 bridgehead atoms. The molecule has 1 saturated heterocycles. The van der Waals surface area contributed by atoms with Crippen molar-refractivity contribution in [2.24, 2.45) is 0 Å². The Morgan fingerprint density at radius 3 is 2.34 bits per heavy atom. The Kier molecular flexibility index (Phi) is 6.83. The number of ether oxygens (including phenoxy) is 1. The lowest BCUT2D eigenvalue weighted by Gasteiger charge is -2.39. The van der Waals surface area contributed by atoms with Gasteiger partial charge >= 0.3 is 0 Å². The van der Waals surface area contributed by atoms with E-state index >= 15 is 0 Å². The van der Waals surface area contributed by atoms with Gasteiger partial charge in [-0.1, -0.05) is 54.1 Å². The van der Waals surface area contributed by atoms with Gasteiger partial charge in [-0.15, -0.1) is 0 Å². The van der Waals surface area contributed by atoms with E-state index in [2.05, 4.69) is 15.1 Å². The van der Waals surface area contributed by atoms with Crippen molar-refractivity contribution < 1.29 is 14.6 Å². The molecule has 0 aliphatic carbocycles. The van der Waals surface area contributed by atoms with E-state index in [1.54, 1.807) is 31.4 Å². The third kappa shape index (κ3) is 4.82. The number of para-hydroxylation sites is 2. The molecule has 166 valence electrons. The number of phenols is 1. The standard InChI is InChI=1S/C25H26ClN3O3/c1-32-23-12-11-19(17-20(23)26)27-25(31)24(18-7-3-2-4-8-18)29-15-13-28(14-16-29)21-9-5-6-10-22(21)30/h2-12,17,24,30H,13-16H2,1H3,(H,27,31)/t24-/m0/s1. The van der Waals surface area contributed by atoms with E-state index in [1.165, 1.54) is 0 Å². The van der Waals surface area contributed by atoms with Gasteiger partial charge in [-0.3, -0.25) is 9.69 Å². The molecule has 7 heteroatoms. The van der Waals surface area contributed by atoms with Crippen LogP contribution in [0.4, 0.5) is 11.4 Å². The van der Waals surface area contributed by atoms with Crippen LogP contribution in [-0.4, -0.2) is 49.2 Å². The van der Waals surface area contributed by atoms with E-state index in [4.69, 9.17) is 16.3 Å². The molecule has 6 nitrogen and oxygen atoms in total. The molecule has 1 atom stereocenters. The van der Waals surface area contributed by atoms with Gasteiger partial charge in [-0.2, -0.15) is 0 Å². The number of nitrogens with one attached hydrogen (secondary N) is 1. The highest BCUT2D eigenvalue weighted by Gasteiger charge is 2.31. The van der Waals surface area contributed by atoms with Crippen LogP contribution in [0.1, 0.15) is 11.6 Å². The van der Waals surface area contributed by atoms with Gasteiger partial charge in [0.25, 0.3) is 0 Å². The van der Waals surface area contributed by atoms with E-state index in [0.717, 1.165) is 11.3 Å². The normalized spacial score (nSPS) is 15.2. The Morgan fingerprint density at radius 2 is 1.69 bits per heavy atom. The van der Waals surface area contributed by atoms with Crippen molar-refractivity contribution in [2.75, 3.05) is 43.5 Å². The molecule has 0 unspecified atom stereocenters. The van der Waals surface area contributed by atoms with E-state index in [0.29, 0.717) is 42.6 Å². The van der Waals surface area contributed by atoms with Gasteiger partial charge < -0.3 is 20.1 Å². The Hall–Kier alpha value is -3.22. The molecule has 1 aliphatic heterocycles. The maximum Gasteiger partial charge on any atom is 0.246 e. The first-order chi connectivity index (χ1) is 15.6. The molecule has 2 N–H and O–H groups in total. The van der Waals surface area contributed by atoms with Crippen molar-refractivity contribution in [1.29, 1.82) is 0 Å². The summed E-state index contributed by atoms with van der Waals surface area (Å²) in [7, 11) is 1.56. The fourth-order valence-corrected chi connectivity index (χ4v) is 4.33. The summed E-state index contributed by atoms with van der Waals surface area (Å²) in [5, 5.41) is 13.6. The van der Waals surface area contributed by atoms with Gasteiger partial charge in [-0.25, -0.2) is 0 Å². The van der Waals surface area contributed by atoms with Crippen molar-refractivity contribution in [3.63, 3.8) is 0 Å². The Balaban J connectivity index is 1.52. The number of anilines is 2. The van der Waals surface area contributed by atoms with Gasteiger partial charge in [-0.05, 0) is 35.9 Å². The smallest absolute Gasteiger partial charge is 0.246 e.